The summed E-state index contributed by atoms with van der Waals surface area (Å²) in [5, 5.41) is 0. The monoisotopic (exact) mass is 168 g/mol. The lowest BCUT2D eigenvalue weighted by molar-refractivity contribution is -0.737. The molecule has 1 unspecified atom stereocenters. The van der Waals surface area contributed by atoms with Crippen molar-refractivity contribution in [3.63, 3.8) is 0 Å². The van der Waals surface area contributed by atoms with Crippen molar-refractivity contribution in [2.75, 3.05) is 7.11 Å². The highest BCUT2D eigenvalue weighted by Gasteiger charge is 2.02. The fraction of sp³-hybridized carbons (Fsp3) is 0.444. The zero-order valence-corrected chi connectivity index (χ0v) is 7.43. The number of methoxy groups -OCH3 is 1. The molecule has 3 nitrogen and oxygen atoms in total. The Morgan fingerprint density at radius 1 is 1.25 bits per heavy atom. The summed E-state index contributed by atoms with van der Waals surface area (Å²) in [6.07, 6.45) is 3.74. The first-order valence-electron chi connectivity index (χ1n) is 3.91. The molecule has 0 amide bonds. The number of rotatable bonds is 4. The molecule has 0 aliphatic carbocycles. The van der Waals surface area contributed by atoms with Gasteiger partial charge in [0.2, 0.25) is 0 Å². The molecule has 1 atom stereocenters. The van der Waals surface area contributed by atoms with Gasteiger partial charge in [-0.25, -0.2) is 0 Å². The molecule has 1 heterocycles. The first kappa shape index (κ1) is 9.16. The lowest BCUT2D eigenvalue weighted by Crippen LogP contribution is -2.35. The molecule has 0 fully saturated rings. The Kier molecular flexibility index (Phi) is 3.70. The number of nitrogens with zero attached hydrogens (tertiary/aromatic N) is 1. The molecular weight excluding hydrogens is 154 g/mol. The second-order valence-corrected chi connectivity index (χ2v) is 2.49. The van der Waals surface area contributed by atoms with E-state index in [0.717, 1.165) is 0 Å². The Hall–Kier alpha value is -0.930. The van der Waals surface area contributed by atoms with Crippen molar-refractivity contribution in [1.82, 2.24) is 0 Å². The van der Waals surface area contributed by atoms with Crippen LogP contribution >= 0.6 is 0 Å². The fourth-order valence-corrected chi connectivity index (χ4v) is 0.779. The predicted molar refractivity (Wildman–Crippen MR) is 44.2 cm³/mol. The van der Waals surface area contributed by atoms with Gasteiger partial charge in [-0.15, -0.1) is 0 Å². The summed E-state index contributed by atoms with van der Waals surface area (Å²) < 4.78 is 12.2. The third kappa shape index (κ3) is 2.98. The average molecular weight is 168 g/mol. The smallest absolute Gasteiger partial charge is 0.254 e. The topological polar surface area (TPSA) is 22.3 Å². The Labute approximate surface area is 72.5 Å². The minimum atomic E-state index is -0.155. The number of ether oxygens (including phenoxy) is 2. The largest absolute Gasteiger partial charge is 0.356 e. The number of aromatic nitrogens is 1. The molecule has 0 radical (unpaired) electrons. The van der Waals surface area contributed by atoms with E-state index in [1.54, 1.807) is 7.11 Å². The summed E-state index contributed by atoms with van der Waals surface area (Å²) in [6, 6.07) is 5.89. The van der Waals surface area contributed by atoms with Gasteiger partial charge in [0.05, 0.1) is 0 Å². The molecule has 3 heteroatoms. The van der Waals surface area contributed by atoms with Crippen molar-refractivity contribution >= 4 is 0 Å². The highest BCUT2D eigenvalue weighted by Crippen LogP contribution is 1.89. The third-order valence-corrected chi connectivity index (χ3v) is 1.57. The van der Waals surface area contributed by atoms with Gasteiger partial charge in [-0.1, -0.05) is 6.07 Å². The Morgan fingerprint density at radius 3 is 2.50 bits per heavy atom. The Morgan fingerprint density at radius 2 is 1.92 bits per heavy atom. The Bertz CT molecular complexity index is 213. The van der Waals surface area contributed by atoms with E-state index in [1.807, 2.05) is 42.1 Å². The summed E-state index contributed by atoms with van der Waals surface area (Å²) in [5.74, 6) is 0. The first-order valence-corrected chi connectivity index (χ1v) is 3.91. The normalized spacial score (nSPS) is 12.8. The minimum Gasteiger partial charge on any atom is -0.356 e. The van der Waals surface area contributed by atoms with Crippen molar-refractivity contribution in [2.45, 2.75) is 19.9 Å². The van der Waals surface area contributed by atoms with Gasteiger partial charge in [-0.05, 0) is 6.92 Å². The maximum absolute atomic E-state index is 5.32. The molecule has 12 heavy (non-hydrogen) atoms. The van der Waals surface area contributed by atoms with Gasteiger partial charge < -0.3 is 4.74 Å². The van der Waals surface area contributed by atoms with Crippen LogP contribution in [0.15, 0.2) is 30.6 Å². The van der Waals surface area contributed by atoms with Crippen LogP contribution in [0.4, 0.5) is 0 Å². The highest BCUT2D eigenvalue weighted by molar-refractivity contribution is 4.83. The quantitative estimate of drug-likeness (QED) is 0.493. The maximum Gasteiger partial charge on any atom is 0.254 e. The van der Waals surface area contributed by atoms with Crippen LogP contribution in [-0.2, 0) is 16.2 Å². The summed E-state index contributed by atoms with van der Waals surface area (Å²) >= 11 is 0. The van der Waals surface area contributed by atoms with Crippen LogP contribution in [0, 0.1) is 0 Å². The lowest BCUT2D eigenvalue weighted by atomic mass is 10.5. The van der Waals surface area contributed by atoms with Gasteiger partial charge in [0, 0.05) is 19.2 Å². The van der Waals surface area contributed by atoms with E-state index in [1.165, 1.54) is 0 Å². The van der Waals surface area contributed by atoms with Gasteiger partial charge in [0.1, 0.15) is 0 Å². The molecule has 66 valence electrons. The lowest BCUT2D eigenvalue weighted by Gasteiger charge is -2.06. The molecule has 0 bridgehead atoms. The van der Waals surface area contributed by atoms with Crippen LogP contribution in [0.25, 0.3) is 0 Å². The van der Waals surface area contributed by atoms with Crippen LogP contribution < -0.4 is 4.57 Å². The zero-order chi connectivity index (χ0) is 8.81. The van der Waals surface area contributed by atoms with Crippen molar-refractivity contribution in [3.8, 4) is 0 Å². The van der Waals surface area contributed by atoms with E-state index in [9.17, 15) is 0 Å². The van der Waals surface area contributed by atoms with E-state index in [0.29, 0.717) is 6.73 Å². The van der Waals surface area contributed by atoms with E-state index in [4.69, 9.17) is 9.47 Å². The van der Waals surface area contributed by atoms with Crippen LogP contribution in [0.2, 0.25) is 0 Å². The van der Waals surface area contributed by atoms with Crippen LogP contribution in [0.5, 0.6) is 0 Å². The molecule has 0 N–H and O–H groups in total. The summed E-state index contributed by atoms with van der Waals surface area (Å²) in [5.41, 5.74) is 0. The molecule has 1 aromatic heterocycles. The van der Waals surface area contributed by atoms with Crippen molar-refractivity contribution in [2.24, 2.45) is 0 Å². The Balaban J connectivity index is 2.33. The molecule has 0 aliphatic rings. The highest BCUT2D eigenvalue weighted by atomic mass is 16.7. The molecule has 1 aromatic rings. The van der Waals surface area contributed by atoms with Crippen LogP contribution in [0.3, 0.4) is 0 Å². The van der Waals surface area contributed by atoms with E-state index < -0.39 is 0 Å². The molecule has 0 aliphatic heterocycles. The van der Waals surface area contributed by atoms with Crippen LogP contribution in [0.1, 0.15) is 6.92 Å². The molecule has 0 saturated carbocycles. The average Bonchev–Trinajstić information content (AvgIpc) is 2.16. The number of hydrogen-bond acceptors (Lipinski definition) is 2. The SMILES string of the molecule is COC(C)OC[n+]1ccccc1. The van der Waals surface area contributed by atoms with E-state index in [2.05, 4.69) is 0 Å². The fourth-order valence-electron chi connectivity index (χ4n) is 0.779. The first-order chi connectivity index (χ1) is 5.83. The standard InChI is InChI=1S/C9H14NO2/c1-9(11-2)12-8-10-6-4-3-5-7-10/h3-7,9H,8H2,1-2H3/q+1. The molecule has 0 aromatic carbocycles. The zero-order valence-electron chi connectivity index (χ0n) is 7.43. The molecule has 1 rings (SSSR count). The van der Waals surface area contributed by atoms with E-state index in [-0.39, 0.29) is 6.29 Å². The number of pyridine rings is 1. The molecule has 0 saturated heterocycles. The second kappa shape index (κ2) is 4.85. The second-order valence-electron chi connectivity index (χ2n) is 2.49. The summed E-state index contributed by atoms with van der Waals surface area (Å²) in [7, 11) is 1.63. The minimum absolute atomic E-state index is 0.155. The van der Waals surface area contributed by atoms with Crippen molar-refractivity contribution in [3.05, 3.63) is 30.6 Å². The summed E-state index contributed by atoms with van der Waals surface area (Å²) in [6.45, 7) is 2.39. The van der Waals surface area contributed by atoms with E-state index >= 15 is 0 Å². The van der Waals surface area contributed by atoms with Crippen molar-refractivity contribution < 1.29 is 14.0 Å². The predicted octanol–water partition coefficient (Wildman–Crippen LogP) is 0.941. The van der Waals surface area contributed by atoms with Gasteiger partial charge in [0.15, 0.2) is 18.7 Å². The molecular formula is C9H14NO2+. The van der Waals surface area contributed by atoms with Gasteiger partial charge >= 0.3 is 0 Å². The number of hydrogen-bond donors (Lipinski definition) is 0. The summed E-state index contributed by atoms with van der Waals surface area (Å²) in [4.78, 5) is 0. The van der Waals surface area contributed by atoms with Gasteiger partial charge in [-0.2, -0.15) is 4.57 Å². The van der Waals surface area contributed by atoms with Crippen LogP contribution in [-0.4, -0.2) is 13.4 Å². The van der Waals surface area contributed by atoms with Crippen molar-refractivity contribution in [1.29, 1.82) is 0 Å². The molecule has 0 spiro atoms. The van der Waals surface area contributed by atoms with Gasteiger partial charge in [0.25, 0.3) is 6.73 Å². The maximum atomic E-state index is 5.32. The van der Waals surface area contributed by atoms with Gasteiger partial charge in [-0.3, -0.25) is 4.74 Å². The third-order valence-electron chi connectivity index (χ3n) is 1.57.